The quantitative estimate of drug-likeness (QED) is 0.688. The Kier molecular flexibility index (Phi) is 3.86. The zero-order valence-corrected chi connectivity index (χ0v) is 6.65. The summed E-state index contributed by atoms with van der Waals surface area (Å²) in [6.45, 7) is 2.60. The van der Waals surface area contributed by atoms with Crippen molar-refractivity contribution in [2.45, 2.75) is 26.4 Å². The predicted molar refractivity (Wildman–Crippen MR) is 36.1 cm³/mol. The first-order valence-corrected chi connectivity index (χ1v) is 3.55. The highest BCUT2D eigenvalue weighted by molar-refractivity contribution is 4.67. The molecule has 0 rings (SSSR count). The Labute approximate surface area is 64.2 Å². The first kappa shape index (κ1) is 10.8. The van der Waals surface area contributed by atoms with Gasteiger partial charge in [0.05, 0.1) is 12.5 Å². The summed E-state index contributed by atoms with van der Waals surface area (Å²) in [5.41, 5.74) is 0. The van der Waals surface area contributed by atoms with E-state index in [-0.39, 0.29) is 12.3 Å². The topological polar surface area (TPSA) is 20.2 Å². The van der Waals surface area contributed by atoms with E-state index in [2.05, 4.69) is 0 Å². The first-order chi connectivity index (χ1) is 4.88. The highest BCUT2D eigenvalue weighted by Gasteiger charge is 2.38. The van der Waals surface area contributed by atoms with Crippen molar-refractivity contribution >= 4 is 0 Å². The molecule has 11 heavy (non-hydrogen) atoms. The van der Waals surface area contributed by atoms with Gasteiger partial charge >= 0.3 is 6.18 Å². The zero-order chi connectivity index (χ0) is 9.07. The number of hydrogen-bond acceptors (Lipinski definition) is 1. The van der Waals surface area contributed by atoms with E-state index in [0.717, 1.165) is 0 Å². The fourth-order valence-corrected chi connectivity index (χ4v) is 0.881. The molecule has 0 aromatic heterocycles. The van der Waals surface area contributed by atoms with Gasteiger partial charge in [-0.3, -0.25) is 0 Å². The van der Waals surface area contributed by atoms with Crippen LogP contribution in [0.2, 0.25) is 0 Å². The van der Waals surface area contributed by atoms with Gasteiger partial charge in [0.1, 0.15) is 0 Å². The minimum Gasteiger partial charge on any atom is -0.396 e. The molecule has 0 aliphatic carbocycles. The summed E-state index contributed by atoms with van der Waals surface area (Å²) in [7, 11) is 0. The van der Waals surface area contributed by atoms with E-state index in [1.54, 1.807) is 13.8 Å². The second-order valence-corrected chi connectivity index (χ2v) is 3.05. The van der Waals surface area contributed by atoms with Gasteiger partial charge in [-0.2, -0.15) is 13.2 Å². The van der Waals surface area contributed by atoms with Crippen LogP contribution in [0.3, 0.4) is 0 Å². The van der Waals surface area contributed by atoms with Crippen molar-refractivity contribution in [1.82, 2.24) is 0 Å². The average molecular weight is 170 g/mol. The number of halogens is 3. The molecule has 0 fully saturated rings. The summed E-state index contributed by atoms with van der Waals surface area (Å²) in [4.78, 5) is 0. The lowest BCUT2D eigenvalue weighted by molar-refractivity contribution is -0.187. The molecule has 0 aromatic rings. The van der Waals surface area contributed by atoms with Crippen molar-refractivity contribution in [2.75, 3.05) is 6.61 Å². The van der Waals surface area contributed by atoms with Gasteiger partial charge < -0.3 is 5.11 Å². The second-order valence-electron chi connectivity index (χ2n) is 3.05. The van der Waals surface area contributed by atoms with Gasteiger partial charge in [-0.25, -0.2) is 0 Å². The SMILES string of the molecule is CC(C)CC(CO)C(F)(F)F. The largest absolute Gasteiger partial charge is 0.396 e. The fraction of sp³-hybridized carbons (Fsp3) is 1.00. The molecule has 0 spiro atoms. The molecule has 0 aromatic carbocycles. The number of rotatable bonds is 3. The van der Waals surface area contributed by atoms with Gasteiger partial charge in [-0.15, -0.1) is 0 Å². The molecule has 0 aliphatic heterocycles. The number of hydrogen-bond donors (Lipinski definition) is 1. The highest BCUT2D eigenvalue weighted by Crippen LogP contribution is 2.30. The van der Waals surface area contributed by atoms with Gasteiger partial charge in [0, 0.05) is 0 Å². The molecule has 1 atom stereocenters. The van der Waals surface area contributed by atoms with E-state index in [1.165, 1.54) is 0 Å². The van der Waals surface area contributed by atoms with Crippen LogP contribution in [0.4, 0.5) is 13.2 Å². The highest BCUT2D eigenvalue weighted by atomic mass is 19.4. The molecule has 68 valence electrons. The van der Waals surface area contributed by atoms with E-state index < -0.39 is 18.7 Å². The molecule has 0 radical (unpaired) electrons. The third-order valence-corrected chi connectivity index (χ3v) is 1.44. The number of aliphatic hydroxyl groups is 1. The Balaban J connectivity index is 3.96. The monoisotopic (exact) mass is 170 g/mol. The van der Waals surface area contributed by atoms with E-state index >= 15 is 0 Å². The predicted octanol–water partition coefficient (Wildman–Crippen LogP) is 2.20. The Morgan fingerprint density at radius 2 is 1.73 bits per heavy atom. The van der Waals surface area contributed by atoms with Gasteiger partial charge in [0.2, 0.25) is 0 Å². The maximum atomic E-state index is 11.9. The Hall–Kier alpha value is -0.250. The van der Waals surface area contributed by atoms with Gasteiger partial charge in [0.25, 0.3) is 0 Å². The molecule has 0 saturated carbocycles. The van der Waals surface area contributed by atoms with Crippen LogP contribution in [0.1, 0.15) is 20.3 Å². The van der Waals surface area contributed by atoms with E-state index in [4.69, 9.17) is 5.11 Å². The molecule has 0 heterocycles. The molecule has 0 bridgehead atoms. The Bertz CT molecular complexity index is 109. The lowest BCUT2D eigenvalue weighted by Gasteiger charge is -2.19. The van der Waals surface area contributed by atoms with Gasteiger partial charge in [0.15, 0.2) is 0 Å². The van der Waals surface area contributed by atoms with Crippen LogP contribution < -0.4 is 0 Å². The summed E-state index contributed by atoms with van der Waals surface area (Å²) in [6.07, 6.45) is -4.25. The Morgan fingerprint density at radius 1 is 1.27 bits per heavy atom. The van der Waals surface area contributed by atoms with Crippen LogP contribution in [0.25, 0.3) is 0 Å². The molecule has 1 unspecified atom stereocenters. The standard InChI is InChI=1S/C7H13F3O/c1-5(2)3-6(4-11)7(8,9)10/h5-6,11H,3-4H2,1-2H3. The van der Waals surface area contributed by atoms with Crippen molar-refractivity contribution in [3.63, 3.8) is 0 Å². The van der Waals surface area contributed by atoms with Crippen LogP contribution in [0.15, 0.2) is 0 Å². The molecule has 1 nitrogen and oxygen atoms in total. The first-order valence-electron chi connectivity index (χ1n) is 3.55. The van der Waals surface area contributed by atoms with Crippen molar-refractivity contribution in [2.24, 2.45) is 11.8 Å². The third kappa shape index (κ3) is 4.24. The summed E-state index contributed by atoms with van der Waals surface area (Å²) in [5, 5.41) is 8.39. The maximum absolute atomic E-state index is 11.9. The lowest BCUT2D eigenvalue weighted by atomic mass is 9.97. The minimum atomic E-state index is -4.25. The van der Waals surface area contributed by atoms with E-state index in [9.17, 15) is 13.2 Å². The minimum absolute atomic E-state index is 0. The van der Waals surface area contributed by atoms with Crippen LogP contribution in [0, 0.1) is 11.8 Å². The average Bonchev–Trinajstić information content (AvgIpc) is 1.79. The molecule has 1 N–H and O–H groups in total. The van der Waals surface area contributed by atoms with E-state index in [0.29, 0.717) is 0 Å². The number of alkyl halides is 3. The van der Waals surface area contributed by atoms with Gasteiger partial charge in [-0.1, -0.05) is 13.8 Å². The van der Waals surface area contributed by atoms with Crippen molar-refractivity contribution in [3.8, 4) is 0 Å². The van der Waals surface area contributed by atoms with Crippen molar-refractivity contribution in [3.05, 3.63) is 0 Å². The summed E-state index contributed by atoms with van der Waals surface area (Å²) >= 11 is 0. The van der Waals surface area contributed by atoms with Crippen LogP contribution >= 0.6 is 0 Å². The second kappa shape index (κ2) is 3.95. The Morgan fingerprint density at radius 3 is 1.82 bits per heavy atom. The fourth-order valence-electron chi connectivity index (χ4n) is 0.881. The normalized spacial score (nSPS) is 15.5. The number of aliphatic hydroxyl groups excluding tert-OH is 1. The summed E-state index contributed by atoms with van der Waals surface area (Å²) in [6, 6.07) is 0. The molecule has 0 saturated heterocycles. The van der Waals surface area contributed by atoms with Crippen LogP contribution in [-0.2, 0) is 0 Å². The molecule has 0 aliphatic rings. The summed E-state index contributed by atoms with van der Waals surface area (Å²) in [5.74, 6) is -1.59. The smallest absolute Gasteiger partial charge is 0.394 e. The molecular weight excluding hydrogens is 157 g/mol. The van der Waals surface area contributed by atoms with Crippen LogP contribution in [0.5, 0.6) is 0 Å². The molecular formula is C7H13F3O. The van der Waals surface area contributed by atoms with Crippen molar-refractivity contribution in [1.29, 1.82) is 0 Å². The maximum Gasteiger partial charge on any atom is 0.394 e. The van der Waals surface area contributed by atoms with Crippen molar-refractivity contribution < 1.29 is 18.3 Å². The molecule has 0 amide bonds. The van der Waals surface area contributed by atoms with Crippen LogP contribution in [-0.4, -0.2) is 17.9 Å². The zero-order valence-electron chi connectivity index (χ0n) is 6.65. The van der Waals surface area contributed by atoms with E-state index in [1.807, 2.05) is 0 Å². The lowest BCUT2D eigenvalue weighted by Crippen LogP contribution is -2.27. The summed E-state index contributed by atoms with van der Waals surface area (Å²) < 4.78 is 35.8. The van der Waals surface area contributed by atoms with Gasteiger partial charge in [-0.05, 0) is 12.3 Å². The molecule has 4 heteroatoms. The third-order valence-electron chi connectivity index (χ3n) is 1.44.